The van der Waals surface area contributed by atoms with E-state index in [0.717, 1.165) is 17.8 Å². The lowest BCUT2D eigenvalue weighted by atomic mass is 10.1. The van der Waals surface area contributed by atoms with E-state index in [1.54, 1.807) is 35.6 Å². The van der Waals surface area contributed by atoms with Gasteiger partial charge >= 0.3 is 0 Å². The van der Waals surface area contributed by atoms with Crippen LogP contribution in [0.4, 0.5) is 5.69 Å². The zero-order valence-electron chi connectivity index (χ0n) is 15.6. The third kappa shape index (κ3) is 4.42. The third-order valence-corrected chi connectivity index (χ3v) is 6.14. The summed E-state index contributed by atoms with van der Waals surface area (Å²) in [5, 5.41) is 14.1. The van der Waals surface area contributed by atoms with E-state index < -0.39 is 5.91 Å². The molecule has 0 aliphatic rings. The van der Waals surface area contributed by atoms with Crippen LogP contribution in [-0.4, -0.2) is 32.3 Å². The van der Waals surface area contributed by atoms with Crippen molar-refractivity contribution in [1.82, 2.24) is 14.8 Å². The van der Waals surface area contributed by atoms with Crippen LogP contribution in [0.2, 0.25) is 0 Å². The Hall–Kier alpha value is -2.65. The van der Waals surface area contributed by atoms with Crippen LogP contribution in [0.5, 0.6) is 0 Å². The topological polar surface area (TPSA) is 103 Å². The van der Waals surface area contributed by atoms with Gasteiger partial charge in [0.15, 0.2) is 11.0 Å². The van der Waals surface area contributed by atoms with Crippen LogP contribution < -0.4 is 11.1 Å². The van der Waals surface area contributed by atoms with Crippen molar-refractivity contribution in [2.75, 3.05) is 11.1 Å². The Labute approximate surface area is 171 Å². The number of aromatic nitrogens is 3. The van der Waals surface area contributed by atoms with Crippen LogP contribution in [-0.2, 0) is 17.8 Å². The lowest BCUT2D eigenvalue weighted by Crippen LogP contribution is -2.19. The molecule has 28 heavy (non-hydrogen) atoms. The summed E-state index contributed by atoms with van der Waals surface area (Å²) >= 11 is 3.01. The molecule has 2 amide bonds. The first kappa shape index (κ1) is 20.1. The van der Waals surface area contributed by atoms with Gasteiger partial charge in [0, 0.05) is 22.4 Å². The minimum Gasteiger partial charge on any atom is -0.366 e. The van der Waals surface area contributed by atoms with Crippen molar-refractivity contribution < 1.29 is 9.59 Å². The van der Waals surface area contributed by atoms with Gasteiger partial charge in [-0.2, -0.15) is 0 Å². The number of nitrogens with one attached hydrogen (secondary N) is 1. The van der Waals surface area contributed by atoms with Crippen LogP contribution in [0, 0.1) is 0 Å². The molecule has 0 spiro atoms. The molecule has 7 nitrogen and oxygen atoms in total. The number of amides is 2. The standard InChI is InChI=1S/C19H21N5O2S2/c1-3-13-9-12(10-27-13)18-22-23-19(24(18)4-2)28-11-16(25)21-15-8-6-5-7-14(15)17(20)26/h5-10H,3-4,11H2,1-2H3,(H2,20,26)(H,21,25). The van der Waals surface area contributed by atoms with E-state index in [1.807, 2.05) is 11.5 Å². The molecule has 146 valence electrons. The predicted octanol–water partition coefficient (Wildman–Crippen LogP) is 3.42. The van der Waals surface area contributed by atoms with Crippen molar-refractivity contribution in [2.45, 2.75) is 32.0 Å². The van der Waals surface area contributed by atoms with Crippen molar-refractivity contribution in [3.63, 3.8) is 0 Å². The summed E-state index contributed by atoms with van der Waals surface area (Å²) in [6, 6.07) is 8.79. The number of primary amides is 1. The fraction of sp³-hybridized carbons (Fsp3) is 0.263. The van der Waals surface area contributed by atoms with Gasteiger partial charge in [-0.3, -0.25) is 9.59 Å². The molecule has 0 saturated carbocycles. The number of carbonyl (C=O) groups is 2. The number of aryl methyl sites for hydroxylation is 1. The Bertz CT molecular complexity index is 996. The quantitative estimate of drug-likeness (QED) is 0.549. The predicted molar refractivity (Wildman–Crippen MR) is 113 cm³/mol. The van der Waals surface area contributed by atoms with Crippen LogP contribution in [0.15, 0.2) is 40.9 Å². The van der Waals surface area contributed by atoms with Gasteiger partial charge in [-0.1, -0.05) is 30.8 Å². The minimum absolute atomic E-state index is 0.148. The molecule has 9 heteroatoms. The number of thiophene rings is 1. The monoisotopic (exact) mass is 415 g/mol. The number of nitrogens with zero attached hydrogens (tertiary/aromatic N) is 3. The molecular weight excluding hydrogens is 394 g/mol. The average molecular weight is 416 g/mol. The number of benzene rings is 1. The van der Waals surface area contributed by atoms with E-state index in [9.17, 15) is 9.59 Å². The molecule has 2 aromatic heterocycles. The molecule has 3 aromatic rings. The van der Waals surface area contributed by atoms with Crippen LogP contribution in [0.3, 0.4) is 0 Å². The maximum absolute atomic E-state index is 12.3. The van der Waals surface area contributed by atoms with Crippen LogP contribution >= 0.6 is 23.1 Å². The van der Waals surface area contributed by atoms with Gasteiger partial charge in [-0.05, 0) is 31.5 Å². The second kappa shape index (κ2) is 9.03. The Kier molecular flexibility index (Phi) is 6.48. The van der Waals surface area contributed by atoms with E-state index in [4.69, 9.17) is 5.73 Å². The number of para-hydroxylation sites is 1. The Morgan fingerprint density at radius 3 is 2.71 bits per heavy atom. The summed E-state index contributed by atoms with van der Waals surface area (Å²) in [5.74, 6) is 0.131. The highest BCUT2D eigenvalue weighted by Gasteiger charge is 2.16. The largest absolute Gasteiger partial charge is 0.366 e. The average Bonchev–Trinajstić information content (AvgIpc) is 3.32. The Morgan fingerprint density at radius 1 is 1.25 bits per heavy atom. The molecule has 1 aromatic carbocycles. The lowest BCUT2D eigenvalue weighted by Gasteiger charge is -2.09. The van der Waals surface area contributed by atoms with Gasteiger partial charge in [0.05, 0.1) is 17.0 Å². The second-order valence-corrected chi connectivity index (χ2v) is 7.89. The molecule has 3 N–H and O–H groups in total. The smallest absolute Gasteiger partial charge is 0.250 e. The highest BCUT2D eigenvalue weighted by molar-refractivity contribution is 7.99. The molecular formula is C19H21N5O2S2. The van der Waals surface area contributed by atoms with E-state index >= 15 is 0 Å². The first-order valence-electron chi connectivity index (χ1n) is 8.85. The SMILES string of the molecule is CCc1cc(-c2nnc(SCC(=O)Nc3ccccc3C(N)=O)n2CC)cs1. The summed E-state index contributed by atoms with van der Waals surface area (Å²) < 4.78 is 2.00. The van der Waals surface area contributed by atoms with Crippen molar-refractivity contribution in [3.05, 3.63) is 46.2 Å². The lowest BCUT2D eigenvalue weighted by molar-refractivity contribution is -0.113. The number of hydrogen-bond donors (Lipinski definition) is 2. The maximum Gasteiger partial charge on any atom is 0.250 e. The number of hydrogen-bond acceptors (Lipinski definition) is 6. The van der Waals surface area contributed by atoms with Gasteiger partial charge in [-0.15, -0.1) is 21.5 Å². The van der Waals surface area contributed by atoms with Gasteiger partial charge in [0.25, 0.3) is 5.91 Å². The Balaban J connectivity index is 1.69. The van der Waals surface area contributed by atoms with Crippen LogP contribution in [0.1, 0.15) is 29.1 Å². The van der Waals surface area contributed by atoms with Crippen molar-refractivity contribution in [3.8, 4) is 11.4 Å². The molecule has 2 heterocycles. The van der Waals surface area contributed by atoms with Gasteiger partial charge < -0.3 is 15.6 Å². The fourth-order valence-electron chi connectivity index (χ4n) is 2.70. The third-order valence-electron chi connectivity index (χ3n) is 4.09. The molecule has 0 aliphatic carbocycles. The van der Waals surface area contributed by atoms with Crippen molar-refractivity contribution in [2.24, 2.45) is 5.73 Å². The number of rotatable bonds is 8. The molecule has 0 bridgehead atoms. The molecule has 0 saturated heterocycles. The van der Waals surface area contributed by atoms with E-state index in [2.05, 4.69) is 33.9 Å². The van der Waals surface area contributed by atoms with Gasteiger partial charge in [0.2, 0.25) is 5.91 Å². The zero-order valence-corrected chi connectivity index (χ0v) is 17.3. The minimum atomic E-state index is -0.582. The maximum atomic E-state index is 12.3. The normalized spacial score (nSPS) is 10.8. The molecule has 3 rings (SSSR count). The summed E-state index contributed by atoms with van der Waals surface area (Å²) in [6.45, 7) is 4.84. The number of thioether (sulfide) groups is 1. The van der Waals surface area contributed by atoms with E-state index in [1.165, 1.54) is 16.6 Å². The van der Waals surface area contributed by atoms with E-state index in [-0.39, 0.29) is 17.2 Å². The first-order valence-corrected chi connectivity index (χ1v) is 10.7. The molecule has 0 aliphatic heterocycles. The van der Waals surface area contributed by atoms with Crippen molar-refractivity contribution >= 4 is 40.6 Å². The molecule has 0 atom stereocenters. The Morgan fingerprint density at radius 2 is 2.04 bits per heavy atom. The summed E-state index contributed by atoms with van der Waals surface area (Å²) in [7, 11) is 0. The zero-order chi connectivity index (χ0) is 20.1. The highest BCUT2D eigenvalue weighted by atomic mass is 32.2. The number of nitrogens with two attached hydrogens (primary N) is 1. The summed E-state index contributed by atoms with van der Waals surface area (Å²) in [5.41, 5.74) is 7.08. The van der Waals surface area contributed by atoms with Gasteiger partial charge in [-0.25, -0.2) is 0 Å². The molecule has 0 radical (unpaired) electrons. The molecule has 0 fully saturated rings. The van der Waals surface area contributed by atoms with Crippen molar-refractivity contribution in [1.29, 1.82) is 0 Å². The summed E-state index contributed by atoms with van der Waals surface area (Å²) in [4.78, 5) is 25.1. The fourth-order valence-corrected chi connectivity index (χ4v) is 4.32. The second-order valence-electron chi connectivity index (χ2n) is 5.95. The van der Waals surface area contributed by atoms with E-state index in [0.29, 0.717) is 17.4 Å². The molecule has 0 unspecified atom stereocenters. The first-order chi connectivity index (χ1) is 13.5. The van der Waals surface area contributed by atoms with Crippen LogP contribution in [0.25, 0.3) is 11.4 Å². The van der Waals surface area contributed by atoms with Gasteiger partial charge in [0.1, 0.15) is 0 Å². The summed E-state index contributed by atoms with van der Waals surface area (Å²) in [6.07, 6.45) is 0.986. The number of carbonyl (C=O) groups excluding carboxylic acids is 2. The highest BCUT2D eigenvalue weighted by Crippen LogP contribution is 2.28. The number of anilines is 1.